The Balaban J connectivity index is 1.40. The Morgan fingerprint density at radius 1 is 1.22 bits per heavy atom. The smallest absolute Gasteiger partial charge is 0.416 e. The molecule has 0 fully saturated rings. The summed E-state index contributed by atoms with van der Waals surface area (Å²) < 4.78 is 52.3. The van der Waals surface area contributed by atoms with Crippen molar-refractivity contribution in [2.75, 3.05) is 13.2 Å². The molecule has 5 rings (SSSR count). The summed E-state index contributed by atoms with van der Waals surface area (Å²) in [7, 11) is 0. The summed E-state index contributed by atoms with van der Waals surface area (Å²) in [6.45, 7) is 1.28. The fraction of sp³-hybridized carbons (Fsp3) is 0.381. The number of nitrogens with zero attached hydrogens (tertiary/aromatic N) is 3. The zero-order valence-corrected chi connectivity index (χ0v) is 16.9. The van der Waals surface area contributed by atoms with Crippen molar-refractivity contribution in [3.05, 3.63) is 47.3 Å². The lowest BCUT2D eigenvalue weighted by atomic mass is 9.99. The number of halogens is 3. The van der Waals surface area contributed by atoms with E-state index in [1.54, 1.807) is 16.9 Å². The van der Waals surface area contributed by atoms with Crippen molar-refractivity contribution >= 4 is 5.91 Å². The maximum Gasteiger partial charge on any atom is 0.416 e. The molecule has 1 aromatic carbocycles. The summed E-state index contributed by atoms with van der Waals surface area (Å²) in [5.74, 6) is 0.434. The summed E-state index contributed by atoms with van der Waals surface area (Å²) in [5, 5.41) is 14.1. The Morgan fingerprint density at radius 2 is 2.09 bits per heavy atom. The van der Waals surface area contributed by atoms with Crippen LogP contribution < -0.4 is 14.8 Å². The highest BCUT2D eigenvalue weighted by Crippen LogP contribution is 2.36. The van der Waals surface area contributed by atoms with Crippen molar-refractivity contribution in [3.8, 4) is 22.9 Å². The second-order valence-corrected chi connectivity index (χ2v) is 7.78. The van der Waals surface area contributed by atoms with Gasteiger partial charge in [-0.15, -0.1) is 0 Å². The first-order valence-electron chi connectivity index (χ1n) is 10.3. The molecule has 2 aliphatic rings. The molecule has 3 aromatic rings. The second-order valence-electron chi connectivity index (χ2n) is 7.78. The number of alkyl halides is 3. The zero-order chi connectivity index (χ0) is 22.3. The summed E-state index contributed by atoms with van der Waals surface area (Å²) in [4.78, 5) is 13.2. The van der Waals surface area contributed by atoms with Gasteiger partial charge < -0.3 is 14.8 Å². The second kappa shape index (κ2) is 7.88. The van der Waals surface area contributed by atoms with Gasteiger partial charge in [0.05, 0.1) is 29.5 Å². The number of carbonyl (C=O) groups is 1. The van der Waals surface area contributed by atoms with E-state index in [0.717, 1.165) is 25.0 Å². The molecule has 0 aliphatic carbocycles. The third-order valence-electron chi connectivity index (χ3n) is 5.52. The maximum absolute atomic E-state index is 13.2. The Morgan fingerprint density at radius 3 is 2.88 bits per heavy atom. The maximum atomic E-state index is 13.2. The first kappa shape index (κ1) is 20.4. The molecular formula is C21H20F3N5O3. The Hall–Kier alpha value is -3.50. The third-order valence-corrected chi connectivity index (χ3v) is 5.52. The number of hydrogen-bond acceptors (Lipinski definition) is 5. The number of hydrogen-bond donors (Lipinski definition) is 2. The zero-order valence-electron chi connectivity index (χ0n) is 16.9. The van der Waals surface area contributed by atoms with Gasteiger partial charge in [0.15, 0.2) is 5.69 Å². The SMILES string of the molecule is O=C(N[C@H]1COc2ccc(C(F)(F)F)cc2C1)c1nn2c(c1-c1ccn[nH]1)OCCCC2. The Labute approximate surface area is 180 Å². The van der Waals surface area contributed by atoms with E-state index in [1.807, 2.05) is 0 Å². The standard InChI is InChI=1S/C21H20F3N5O3/c22-21(23,24)13-3-4-16-12(9-13)10-14(11-32-16)26-19(30)18-17(15-5-6-25-27-15)20-29(28-18)7-1-2-8-31-20/h3-6,9,14H,1-2,7-8,10-11H2,(H,25,27)(H,26,30)/t14-/m1/s1. The van der Waals surface area contributed by atoms with Crippen LogP contribution in [0.4, 0.5) is 13.2 Å². The highest BCUT2D eigenvalue weighted by atomic mass is 19.4. The van der Waals surface area contributed by atoms with Crippen LogP contribution in [0.25, 0.3) is 11.3 Å². The van der Waals surface area contributed by atoms with E-state index in [-0.39, 0.29) is 18.7 Å². The molecule has 2 aromatic heterocycles. The predicted molar refractivity (Wildman–Crippen MR) is 106 cm³/mol. The van der Waals surface area contributed by atoms with E-state index >= 15 is 0 Å². The van der Waals surface area contributed by atoms with Crippen molar-refractivity contribution in [1.82, 2.24) is 25.3 Å². The highest BCUT2D eigenvalue weighted by molar-refractivity contribution is 6.00. The molecule has 2 N–H and O–H groups in total. The number of aromatic amines is 1. The number of rotatable bonds is 3. The van der Waals surface area contributed by atoms with E-state index in [0.29, 0.717) is 41.6 Å². The molecule has 0 spiro atoms. The monoisotopic (exact) mass is 447 g/mol. The van der Waals surface area contributed by atoms with Crippen molar-refractivity contribution in [2.45, 2.75) is 38.0 Å². The van der Waals surface area contributed by atoms with E-state index in [1.165, 1.54) is 6.07 Å². The van der Waals surface area contributed by atoms with Gasteiger partial charge >= 0.3 is 6.18 Å². The molecule has 4 heterocycles. The predicted octanol–water partition coefficient (Wildman–Crippen LogP) is 3.20. The number of fused-ring (bicyclic) bond motifs is 2. The molecule has 0 saturated heterocycles. The molecule has 11 heteroatoms. The number of nitrogens with one attached hydrogen (secondary N) is 2. The number of amides is 1. The van der Waals surface area contributed by atoms with Gasteiger partial charge in [0, 0.05) is 12.7 Å². The molecule has 0 saturated carbocycles. The first-order chi connectivity index (χ1) is 15.4. The molecular weight excluding hydrogens is 427 g/mol. The minimum absolute atomic E-state index is 0.146. The third kappa shape index (κ3) is 3.78. The van der Waals surface area contributed by atoms with Crippen LogP contribution in [0.3, 0.4) is 0 Å². The van der Waals surface area contributed by atoms with Crippen LogP contribution >= 0.6 is 0 Å². The van der Waals surface area contributed by atoms with E-state index in [9.17, 15) is 18.0 Å². The number of H-pyrrole nitrogens is 1. The summed E-state index contributed by atoms with van der Waals surface area (Å²) >= 11 is 0. The lowest BCUT2D eigenvalue weighted by molar-refractivity contribution is -0.137. The number of aryl methyl sites for hydroxylation is 1. The lowest BCUT2D eigenvalue weighted by Crippen LogP contribution is -2.43. The van der Waals surface area contributed by atoms with Crippen LogP contribution in [-0.2, 0) is 19.1 Å². The van der Waals surface area contributed by atoms with Gasteiger partial charge in [-0.3, -0.25) is 9.89 Å². The van der Waals surface area contributed by atoms with Crippen molar-refractivity contribution in [1.29, 1.82) is 0 Å². The van der Waals surface area contributed by atoms with E-state index < -0.39 is 23.7 Å². The van der Waals surface area contributed by atoms with Gasteiger partial charge in [-0.25, -0.2) is 4.68 Å². The number of ether oxygens (including phenoxy) is 2. The molecule has 32 heavy (non-hydrogen) atoms. The van der Waals surface area contributed by atoms with Gasteiger partial charge in [-0.2, -0.15) is 23.4 Å². The van der Waals surface area contributed by atoms with Gasteiger partial charge in [0.1, 0.15) is 12.4 Å². The largest absolute Gasteiger partial charge is 0.491 e. The van der Waals surface area contributed by atoms with Crippen LogP contribution in [-0.4, -0.2) is 45.1 Å². The average Bonchev–Trinajstić information content (AvgIpc) is 3.35. The van der Waals surface area contributed by atoms with Crippen LogP contribution in [0.2, 0.25) is 0 Å². The molecule has 2 aliphatic heterocycles. The topological polar surface area (TPSA) is 94.1 Å². The van der Waals surface area contributed by atoms with Gasteiger partial charge in [-0.1, -0.05) is 0 Å². The van der Waals surface area contributed by atoms with Crippen LogP contribution in [0.1, 0.15) is 34.5 Å². The van der Waals surface area contributed by atoms with E-state index in [4.69, 9.17) is 9.47 Å². The summed E-state index contributed by atoms with van der Waals surface area (Å²) in [5.41, 5.74) is 0.926. The molecule has 1 atom stereocenters. The number of aromatic nitrogens is 4. The van der Waals surface area contributed by atoms with E-state index in [2.05, 4.69) is 20.6 Å². The van der Waals surface area contributed by atoms with Crippen molar-refractivity contribution in [3.63, 3.8) is 0 Å². The van der Waals surface area contributed by atoms with Gasteiger partial charge in [-0.05, 0) is 49.1 Å². The molecule has 0 unspecified atom stereocenters. The molecule has 0 bridgehead atoms. The van der Waals surface area contributed by atoms with Crippen LogP contribution in [0.15, 0.2) is 30.5 Å². The van der Waals surface area contributed by atoms with Crippen LogP contribution in [0.5, 0.6) is 11.6 Å². The first-order valence-corrected chi connectivity index (χ1v) is 10.3. The minimum atomic E-state index is -4.45. The fourth-order valence-corrected chi connectivity index (χ4v) is 3.99. The van der Waals surface area contributed by atoms with Crippen LogP contribution in [0, 0.1) is 0 Å². The Kier molecular flexibility index (Phi) is 5.03. The summed E-state index contributed by atoms with van der Waals surface area (Å²) in [6.07, 6.45) is -0.909. The average molecular weight is 447 g/mol. The van der Waals surface area contributed by atoms with Crippen molar-refractivity contribution < 1.29 is 27.4 Å². The van der Waals surface area contributed by atoms with Gasteiger partial charge in [0.2, 0.25) is 5.88 Å². The number of carbonyl (C=O) groups excluding carboxylic acids is 1. The molecule has 168 valence electrons. The molecule has 8 nitrogen and oxygen atoms in total. The fourth-order valence-electron chi connectivity index (χ4n) is 3.99. The normalized spacial score (nSPS) is 18.0. The Bertz CT molecular complexity index is 1140. The van der Waals surface area contributed by atoms with Gasteiger partial charge in [0.25, 0.3) is 5.91 Å². The molecule has 1 amide bonds. The number of benzene rings is 1. The highest BCUT2D eigenvalue weighted by Gasteiger charge is 2.33. The minimum Gasteiger partial charge on any atom is -0.491 e. The van der Waals surface area contributed by atoms with Crippen molar-refractivity contribution in [2.24, 2.45) is 0 Å². The lowest BCUT2D eigenvalue weighted by Gasteiger charge is -2.26. The molecule has 0 radical (unpaired) electrons. The quantitative estimate of drug-likeness (QED) is 0.643. The summed E-state index contributed by atoms with van der Waals surface area (Å²) in [6, 6.07) is 4.59.